The van der Waals surface area contributed by atoms with Crippen molar-refractivity contribution in [3.05, 3.63) is 58.1 Å². The van der Waals surface area contributed by atoms with Gasteiger partial charge in [0.1, 0.15) is 0 Å². The molecule has 2 rings (SSSR count). The van der Waals surface area contributed by atoms with Crippen molar-refractivity contribution in [2.24, 2.45) is 4.99 Å². The van der Waals surface area contributed by atoms with Crippen LogP contribution in [0.1, 0.15) is 5.56 Å². The van der Waals surface area contributed by atoms with Crippen molar-refractivity contribution in [2.75, 3.05) is 14.2 Å². The molecule has 0 unspecified atom stereocenters. The van der Waals surface area contributed by atoms with E-state index in [0.29, 0.717) is 22.7 Å². The van der Waals surface area contributed by atoms with Crippen LogP contribution in [0.2, 0.25) is 0 Å². The molecule has 0 saturated heterocycles. The molecule has 0 aliphatic rings. The van der Waals surface area contributed by atoms with Gasteiger partial charge in [0.25, 0.3) is 5.69 Å². The minimum atomic E-state index is -0.478. The molecule has 108 valence electrons. The summed E-state index contributed by atoms with van der Waals surface area (Å²) in [6.45, 7) is 0. The highest BCUT2D eigenvalue weighted by atomic mass is 16.6. The maximum Gasteiger partial charge on any atom is 0.282 e. The molecule has 0 fully saturated rings. The number of para-hydroxylation sites is 1. The SMILES string of the molecule is COc1cc(/C=N/c2ccccc2)c([N+](=O)[O-])cc1OC. The Morgan fingerprint density at radius 2 is 1.71 bits per heavy atom. The van der Waals surface area contributed by atoms with E-state index in [4.69, 9.17) is 9.47 Å². The lowest BCUT2D eigenvalue weighted by atomic mass is 10.1. The number of benzene rings is 2. The van der Waals surface area contributed by atoms with Gasteiger partial charge in [-0.05, 0) is 18.2 Å². The third kappa shape index (κ3) is 3.36. The van der Waals surface area contributed by atoms with Gasteiger partial charge in [0.2, 0.25) is 0 Å². The molecule has 2 aromatic carbocycles. The zero-order valence-corrected chi connectivity index (χ0v) is 11.6. The van der Waals surface area contributed by atoms with Crippen molar-refractivity contribution in [3.8, 4) is 11.5 Å². The van der Waals surface area contributed by atoms with Gasteiger partial charge in [-0.15, -0.1) is 0 Å². The summed E-state index contributed by atoms with van der Waals surface area (Å²) in [6.07, 6.45) is 1.44. The van der Waals surface area contributed by atoms with Crippen LogP contribution in [-0.4, -0.2) is 25.4 Å². The zero-order chi connectivity index (χ0) is 15.2. The predicted octanol–water partition coefficient (Wildman–Crippen LogP) is 3.36. The molecule has 6 heteroatoms. The van der Waals surface area contributed by atoms with Crippen LogP contribution in [0, 0.1) is 10.1 Å². The zero-order valence-electron chi connectivity index (χ0n) is 11.6. The van der Waals surface area contributed by atoms with E-state index < -0.39 is 4.92 Å². The molecule has 0 radical (unpaired) electrons. The van der Waals surface area contributed by atoms with Crippen LogP contribution in [-0.2, 0) is 0 Å². The number of hydrogen-bond donors (Lipinski definition) is 0. The maximum atomic E-state index is 11.1. The second-order valence-electron chi connectivity index (χ2n) is 4.12. The first kappa shape index (κ1) is 14.5. The highest BCUT2D eigenvalue weighted by Crippen LogP contribution is 2.33. The molecule has 0 aliphatic heterocycles. The lowest BCUT2D eigenvalue weighted by Crippen LogP contribution is -1.98. The van der Waals surface area contributed by atoms with Gasteiger partial charge < -0.3 is 9.47 Å². The number of rotatable bonds is 5. The first-order valence-corrected chi connectivity index (χ1v) is 6.15. The van der Waals surface area contributed by atoms with Crippen molar-refractivity contribution in [1.29, 1.82) is 0 Å². The van der Waals surface area contributed by atoms with Gasteiger partial charge in [-0.25, -0.2) is 0 Å². The Morgan fingerprint density at radius 3 is 2.29 bits per heavy atom. The van der Waals surface area contributed by atoms with Crippen LogP contribution in [0.15, 0.2) is 47.5 Å². The predicted molar refractivity (Wildman–Crippen MR) is 79.9 cm³/mol. The van der Waals surface area contributed by atoms with Gasteiger partial charge in [-0.2, -0.15) is 0 Å². The molecule has 0 aliphatic carbocycles. The maximum absolute atomic E-state index is 11.1. The summed E-state index contributed by atoms with van der Waals surface area (Å²) in [5.41, 5.74) is 0.968. The van der Waals surface area contributed by atoms with Crippen molar-refractivity contribution in [3.63, 3.8) is 0 Å². The number of nitrogens with zero attached hydrogens (tertiary/aromatic N) is 2. The fourth-order valence-electron chi connectivity index (χ4n) is 1.80. The van der Waals surface area contributed by atoms with E-state index >= 15 is 0 Å². The Balaban J connectivity index is 2.46. The van der Waals surface area contributed by atoms with Crippen LogP contribution >= 0.6 is 0 Å². The fourth-order valence-corrected chi connectivity index (χ4v) is 1.80. The summed E-state index contributed by atoms with van der Waals surface area (Å²) in [5.74, 6) is 0.721. The van der Waals surface area contributed by atoms with E-state index in [-0.39, 0.29) is 5.69 Å². The third-order valence-electron chi connectivity index (χ3n) is 2.84. The van der Waals surface area contributed by atoms with E-state index in [2.05, 4.69) is 4.99 Å². The molecular formula is C15H14N2O4. The van der Waals surface area contributed by atoms with Crippen LogP contribution in [0.25, 0.3) is 0 Å². The molecule has 0 aromatic heterocycles. The molecule has 0 atom stereocenters. The number of aliphatic imine (C=N–C) groups is 1. The van der Waals surface area contributed by atoms with E-state index in [1.807, 2.05) is 30.3 Å². The van der Waals surface area contributed by atoms with Crippen LogP contribution in [0.4, 0.5) is 11.4 Å². The Morgan fingerprint density at radius 1 is 1.10 bits per heavy atom. The Labute approximate surface area is 121 Å². The second-order valence-corrected chi connectivity index (χ2v) is 4.12. The number of ether oxygens (including phenoxy) is 2. The van der Waals surface area contributed by atoms with Crippen molar-refractivity contribution in [2.45, 2.75) is 0 Å². The Hall–Kier alpha value is -2.89. The average molecular weight is 286 g/mol. The summed E-state index contributed by atoms with van der Waals surface area (Å²) >= 11 is 0. The molecule has 21 heavy (non-hydrogen) atoms. The van der Waals surface area contributed by atoms with Crippen LogP contribution < -0.4 is 9.47 Å². The summed E-state index contributed by atoms with van der Waals surface area (Å²) in [5, 5.41) is 11.1. The minimum Gasteiger partial charge on any atom is -0.493 e. The standard InChI is InChI=1S/C15H14N2O4/c1-20-14-8-11(10-16-12-6-4-3-5-7-12)13(17(18)19)9-15(14)21-2/h3-10H,1-2H3/b16-10+. The lowest BCUT2D eigenvalue weighted by molar-refractivity contribution is -0.385. The smallest absolute Gasteiger partial charge is 0.282 e. The molecule has 0 saturated carbocycles. The minimum absolute atomic E-state index is 0.0904. The van der Waals surface area contributed by atoms with E-state index in [1.165, 1.54) is 32.6 Å². The Bertz CT molecular complexity index is 669. The van der Waals surface area contributed by atoms with Crippen molar-refractivity contribution >= 4 is 17.6 Å². The van der Waals surface area contributed by atoms with Crippen LogP contribution in [0.3, 0.4) is 0 Å². The molecule has 6 nitrogen and oxygen atoms in total. The van der Waals surface area contributed by atoms with E-state index in [1.54, 1.807) is 0 Å². The molecule has 2 aromatic rings. The molecule has 0 bridgehead atoms. The normalized spacial score (nSPS) is 10.6. The largest absolute Gasteiger partial charge is 0.493 e. The second kappa shape index (κ2) is 6.51. The number of nitro benzene ring substituents is 1. The Kier molecular flexibility index (Phi) is 4.50. The topological polar surface area (TPSA) is 74.0 Å². The highest BCUT2D eigenvalue weighted by molar-refractivity contribution is 5.88. The molecule has 0 N–H and O–H groups in total. The quantitative estimate of drug-likeness (QED) is 0.480. The van der Waals surface area contributed by atoms with Gasteiger partial charge >= 0.3 is 0 Å². The van der Waals surface area contributed by atoms with Gasteiger partial charge in [0, 0.05) is 6.21 Å². The summed E-state index contributed by atoms with van der Waals surface area (Å²) in [6, 6.07) is 12.0. The average Bonchev–Trinajstić information content (AvgIpc) is 2.52. The highest BCUT2D eigenvalue weighted by Gasteiger charge is 2.18. The molecule has 0 spiro atoms. The monoisotopic (exact) mass is 286 g/mol. The summed E-state index contributed by atoms with van der Waals surface area (Å²) in [7, 11) is 2.90. The summed E-state index contributed by atoms with van der Waals surface area (Å²) < 4.78 is 10.2. The van der Waals surface area contributed by atoms with Gasteiger partial charge in [-0.1, -0.05) is 18.2 Å². The lowest BCUT2D eigenvalue weighted by Gasteiger charge is -2.08. The first-order chi connectivity index (χ1) is 10.2. The molecule has 0 amide bonds. The van der Waals surface area contributed by atoms with Crippen LogP contribution in [0.5, 0.6) is 11.5 Å². The van der Waals surface area contributed by atoms with Gasteiger partial charge in [0.15, 0.2) is 11.5 Å². The van der Waals surface area contributed by atoms with Gasteiger partial charge in [0.05, 0.1) is 36.5 Å². The van der Waals surface area contributed by atoms with E-state index in [0.717, 1.165) is 0 Å². The molecular weight excluding hydrogens is 272 g/mol. The fraction of sp³-hybridized carbons (Fsp3) is 0.133. The molecule has 0 heterocycles. The van der Waals surface area contributed by atoms with Gasteiger partial charge in [-0.3, -0.25) is 15.1 Å². The number of nitro groups is 1. The summed E-state index contributed by atoms with van der Waals surface area (Å²) in [4.78, 5) is 14.9. The van der Waals surface area contributed by atoms with Crippen molar-refractivity contribution in [1.82, 2.24) is 0 Å². The van der Waals surface area contributed by atoms with Crippen molar-refractivity contribution < 1.29 is 14.4 Å². The van der Waals surface area contributed by atoms with E-state index in [9.17, 15) is 10.1 Å². The first-order valence-electron chi connectivity index (χ1n) is 6.15. The number of methoxy groups -OCH3 is 2. The third-order valence-corrected chi connectivity index (χ3v) is 2.84. The number of hydrogen-bond acceptors (Lipinski definition) is 5.